The number of amides is 1. The molecule has 0 radical (unpaired) electrons. The Morgan fingerprint density at radius 1 is 0.897 bits per heavy atom. The lowest BCUT2D eigenvalue weighted by molar-refractivity contribution is -0.0319. The van der Waals surface area contributed by atoms with Crippen LogP contribution in [-0.4, -0.2) is 59.1 Å². The molecule has 2 aliphatic rings. The van der Waals surface area contributed by atoms with Crippen LogP contribution in [0.3, 0.4) is 0 Å². The van der Waals surface area contributed by atoms with Crippen LogP contribution in [0.4, 0.5) is 0 Å². The number of hydrogen-bond acceptors (Lipinski definition) is 3. The largest absolute Gasteiger partial charge is 0.390 e. The Morgan fingerprint density at radius 2 is 1.49 bits per heavy atom. The third kappa shape index (κ3) is 7.51. The summed E-state index contributed by atoms with van der Waals surface area (Å²) in [4.78, 5) is 17.7. The molecule has 1 N–H and O–H groups in total. The van der Waals surface area contributed by atoms with Crippen LogP contribution in [-0.2, 0) is 6.42 Å². The third-order valence-electron chi connectivity index (χ3n) is 9.02. The summed E-state index contributed by atoms with van der Waals surface area (Å²) >= 11 is 0. The average Bonchev–Trinajstić information content (AvgIpc) is 3.39. The van der Waals surface area contributed by atoms with Crippen molar-refractivity contribution in [3.8, 4) is 0 Å². The number of aliphatic hydroxyl groups is 1. The van der Waals surface area contributed by atoms with E-state index in [0.29, 0.717) is 11.8 Å². The second kappa shape index (κ2) is 13.6. The quantitative estimate of drug-likeness (QED) is 0.329. The predicted molar refractivity (Wildman–Crippen MR) is 161 cm³/mol. The first-order valence-corrected chi connectivity index (χ1v) is 14.4. The molecule has 3 unspecified atom stereocenters. The van der Waals surface area contributed by atoms with Gasteiger partial charge < -0.3 is 14.9 Å². The van der Waals surface area contributed by atoms with Crippen molar-refractivity contribution in [2.75, 3.05) is 26.7 Å². The van der Waals surface area contributed by atoms with Crippen LogP contribution < -0.4 is 0 Å². The van der Waals surface area contributed by atoms with Gasteiger partial charge in [-0.3, -0.25) is 4.79 Å². The highest BCUT2D eigenvalue weighted by atomic mass is 35.5. The van der Waals surface area contributed by atoms with Gasteiger partial charge in [-0.1, -0.05) is 78.9 Å². The lowest BCUT2D eigenvalue weighted by Gasteiger charge is -2.40. The minimum Gasteiger partial charge on any atom is -0.390 e. The maximum absolute atomic E-state index is 13.2. The number of aryl methyl sites for hydroxylation is 1. The SMILES string of the molecule is CN(C(=O)c1ccccc1)C1CC(CN2CCC(O)(CCCc3ccccc3)CC2)C(c2ccccc2)C1.Cl. The van der Waals surface area contributed by atoms with Crippen LogP contribution >= 0.6 is 12.4 Å². The second-order valence-electron chi connectivity index (χ2n) is 11.5. The summed E-state index contributed by atoms with van der Waals surface area (Å²) in [5, 5.41) is 11.3. The molecule has 1 amide bonds. The van der Waals surface area contributed by atoms with Crippen LogP contribution in [0.2, 0.25) is 0 Å². The zero-order valence-electron chi connectivity index (χ0n) is 23.1. The number of halogens is 1. The van der Waals surface area contributed by atoms with Gasteiger partial charge in [0.25, 0.3) is 5.91 Å². The fourth-order valence-electron chi connectivity index (χ4n) is 6.67. The summed E-state index contributed by atoms with van der Waals surface area (Å²) in [5.74, 6) is 1.05. The third-order valence-corrected chi connectivity index (χ3v) is 9.02. The Morgan fingerprint density at radius 3 is 2.13 bits per heavy atom. The molecule has 2 fully saturated rings. The fraction of sp³-hybridized carbons (Fsp3) is 0.441. The average molecular weight is 547 g/mol. The summed E-state index contributed by atoms with van der Waals surface area (Å²) in [6.45, 7) is 2.93. The van der Waals surface area contributed by atoms with Crippen LogP contribution in [0.25, 0.3) is 0 Å². The minimum absolute atomic E-state index is 0. The summed E-state index contributed by atoms with van der Waals surface area (Å²) < 4.78 is 0. The van der Waals surface area contributed by atoms with Gasteiger partial charge in [0.1, 0.15) is 0 Å². The molecule has 1 aliphatic heterocycles. The van der Waals surface area contributed by atoms with Crippen molar-refractivity contribution in [1.82, 2.24) is 9.80 Å². The molecular weight excluding hydrogens is 504 g/mol. The van der Waals surface area contributed by atoms with Gasteiger partial charge in [0.2, 0.25) is 0 Å². The molecule has 1 heterocycles. The van der Waals surface area contributed by atoms with Crippen LogP contribution in [0.15, 0.2) is 91.0 Å². The van der Waals surface area contributed by atoms with Crippen molar-refractivity contribution in [2.45, 2.75) is 62.5 Å². The molecule has 3 atom stereocenters. The van der Waals surface area contributed by atoms with Crippen LogP contribution in [0, 0.1) is 5.92 Å². The summed E-state index contributed by atoms with van der Waals surface area (Å²) in [5.41, 5.74) is 2.96. The molecule has 0 spiro atoms. The number of rotatable bonds is 9. The van der Waals surface area contributed by atoms with E-state index in [4.69, 9.17) is 0 Å². The van der Waals surface area contributed by atoms with E-state index in [0.717, 1.165) is 70.1 Å². The van der Waals surface area contributed by atoms with Gasteiger partial charge in [-0.25, -0.2) is 0 Å². The Hall–Kier alpha value is -2.66. The van der Waals surface area contributed by atoms with Crippen molar-refractivity contribution in [2.24, 2.45) is 5.92 Å². The maximum atomic E-state index is 13.2. The summed E-state index contributed by atoms with van der Waals surface area (Å²) in [6.07, 6.45) is 6.65. The number of likely N-dealkylation sites (tertiary alicyclic amines) is 1. The van der Waals surface area contributed by atoms with Crippen molar-refractivity contribution in [3.63, 3.8) is 0 Å². The number of carbonyl (C=O) groups excluding carboxylic acids is 1. The van der Waals surface area contributed by atoms with Crippen molar-refractivity contribution in [1.29, 1.82) is 0 Å². The van der Waals surface area contributed by atoms with E-state index in [1.54, 1.807) is 0 Å². The highest BCUT2D eigenvalue weighted by Crippen LogP contribution is 2.43. The number of hydrogen-bond donors (Lipinski definition) is 1. The van der Waals surface area contributed by atoms with E-state index in [1.807, 2.05) is 42.3 Å². The number of piperidine rings is 1. The highest BCUT2D eigenvalue weighted by molar-refractivity contribution is 5.94. The van der Waals surface area contributed by atoms with Gasteiger partial charge in [0.15, 0.2) is 0 Å². The van der Waals surface area contributed by atoms with Crippen LogP contribution in [0.5, 0.6) is 0 Å². The molecule has 3 aromatic rings. The second-order valence-corrected chi connectivity index (χ2v) is 11.5. The lowest BCUT2D eigenvalue weighted by Crippen LogP contribution is -2.46. The topological polar surface area (TPSA) is 43.8 Å². The molecule has 0 aromatic heterocycles. The highest BCUT2D eigenvalue weighted by Gasteiger charge is 2.40. The van der Waals surface area contributed by atoms with Crippen molar-refractivity contribution >= 4 is 18.3 Å². The minimum atomic E-state index is -0.537. The Bertz CT molecular complexity index is 1150. The Labute approximate surface area is 240 Å². The fourth-order valence-corrected chi connectivity index (χ4v) is 6.67. The normalized spacial score (nSPS) is 22.7. The molecule has 0 bridgehead atoms. The first-order valence-electron chi connectivity index (χ1n) is 14.4. The molecule has 5 heteroatoms. The first-order chi connectivity index (χ1) is 18.5. The van der Waals surface area contributed by atoms with Crippen LogP contribution in [0.1, 0.15) is 65.9 Å². The number of nitrogens with zero attached hydrogens (tertiary/aromatic N) is 2. The molecule has 3 aromatic carbocycles. The molecule has 1 saturated carbocycles. The standard InChI is InChI=1S/C34H42N2O2.ClH/c1-35(33(37)29-17-9-4-10-18-29)31-24-30(32(25-31)28-15-7-3-8-16-28)26-36-22-20-34(38,21-23-36)19-11-14-27-12-5-2-6-13-27;/h2-10,12-13,15-18,30-32,38H,11,14,19-26H2,1H3;1H. The molecule has 1 saturated heterocycles. The van der Waals surface area contributed by atoms with E-state index >= 15 is 0 Å². The maximum Gasteiger partial charge on any atom is 0.253 e. The molecule has 4 nitrogen and oxygen atoms in total. The van der Waals surface area contributed by atoms with E-state index in [9.17, 15) is 9.90 Å². The number of benzene rings is 3. The summed E-state index contributed by atoms with van der Waals surface area (Å²) in [6, 6.07) is 31.3. The first kappa shape index (κ1) is 29.3. The van der Waals surface area contributed by atoms with Gasteiger partial charge >= 0.3 is 0 Å². The smallest absolute Gasteiger partial charge is 0.253 e. The van der Waals surface area contributed by atoms with Gasteiger partial charge in [-0.15, -0.1) is 12.4 Å². The lowest BCUT2D eigenvalue weighted by atomic mass is 9.84. The van der Waals surface area contributed by atoms with E-state index in [2.05, 4.69) is 65.6 Å². The Balaban J connectivity index is 0.00000353. The predicted octanol–water partition coefficient (Wildman–Crippen LogP) is 6.59. The van der Waals surface area contributed by atoms with Gasteiger partial charge in [0.05, 0.1) is 5.60 Å². The monoisotopic (exact) mass is 546 g/mol. The summed E-state index contributed by atoms with van der Waals surface area (Å²) in [7, 11) is 1.97. The molecule has 208 valence electrons. The molecule has 5 rings (SSSR count). The van der Waals surface area contributed by atoms with E-state index in [-0.39, 0.29) is 24.4 Å². The van der Waals surface area contributed by atoms with Gasteiger partial charge in [-0.2, -0.15) is 0 Å². The zero-order valence-corrected chi connectivity index (χ0v) is 23.9. The van der Waals surface area contributed by atoms with E-state index < -0.39 is 5.60 Å². The number of carbonyl (C=O) groups is 1. The van der Waals surface area contributed by atoms with Gasteiger partial charge in [-0.05, 0) is 80.0 Å². The molecule has 39 heavy (non-hydrogen) atoms. The molecule has 1 aliphatic carbocycles. The van der Waals surface area contributed by atoms with Crippen molar-refractivity contribution < 1.29 is 9.90 Å². The van der Waals surface area contributed by atoms with Gasteiger partial charge in [0, 0.05) is 38.3 Å². The molecular formula is C34H43ClN2O2. The zero-order chi connectivity index (χ0) is 26.4. The van der Waals surface area contributed by atoms with E-state index in [1.165, 1.54) is 11.1 Å². The van der Waals surface area contributed by atoms with Crippen molar-refractivity contribution in [3.05, 3.63) is 108 Å². The Kier molecular flexibility index (Phi) is 10.2.